The van der Waals surface area contributed by atoms with Gasteiger partial charge in [-0.05, 0) is 61.5 Å². The molecule has 0 atom stereocenters. The maximum Gasteiger partial charge on any atom is 0.191 e. The molecule has 0 fully saturated rings. The second-order valence-corrected chi connectivity index (χ2v) is 6.66. The van der Waals surface area contributed by atoms with Crippen LogP contribution in [0, 0.1) is 0 Å². The van der Waals surface area contributed by atoms with Crippen LogP contribution in [0.1, 0.15) is 25.8 Å². The van der Waals surface area contributed by atoms with Crippen molar-refractivity contribution in [2.24, 2.45) is 5.10 Å². The van der Waals surface area contributed by atoms with E-state index in [9.17, 15) is 0 Å². The van der Waals surface area contributed by atoms with Gasteiger partial charge in [-0.15, -0.1) is 0 Å². The number of hydrogen-bond acceptors (Lipinski definition) is 4. The van der Waals surface area contributed by atoms with Crippen LogP contribution in [0.4, 0.5) is 11.4 Å². The smallest absolute Gasteiger partial charge is 0.191 e. The highest BCUT2D eigenvalue weighted by Gasteiger charge is 2.04. The van der Waals surface area contributed by atoms with Gasteiger partial charge in [-0.3, -0.25) is 5.43 Å². The Hall–Kier alpha value is -2.31. The molecule has 5 nitrogen and oxygen atoms in total. The molecule has 0 unspecified atom stereocenters. The van der Waals surface area contributed by atoms with Crippen molar-refractivity contribution in [2.45, 2.75) is 20.3 Å². The topological polar surface area (TPSA) is 48.9 Å². The first-order chi connectivity index (χ1) is 13.1. The van der Waals surface area contributed by atoms with Gasteiger partial charge < -0.3 is 15.0 Å². The number of rotatable bonds is 8. The number of hydrogen-bond donors (Lipinski definition) is 2. The van der Waals surface area contributed by atoms with Gasteiger partial charge in [-0.25, -0.2) is 0 Å². The zero-order chi connectivity index (χ0) is 19.6. The van der Waals surface area contributed by atoms with Crippen molar-refractivity contribution in [2.75, 3.05) is 30.4 Å². The molecule has 0 aliphatic heterocycles. The maximum atomic E-state index is 6.10. The number of thiocarbonyl (C=S) groups is 1. The van der Waals surface area contributed by atoms with E-state index in [1.54, 1.807) is 25.5 Å². The molecule has 2 rings (SSSR count). The summed E-state index contributed by atoms with van der Waals surface area (Å²) in [4.78, 5) is 2.35. The van der Waals surface area contributed by atoms with Crippen molar-refractivity contribution in [1.29, 1.82) is 0 Å². The first-order valence-corrected chi connectivity index (χ1v) is 9.64. The number of ether oxygens (including phenoxy) is 1. The third kappa shape index (κ3) is 6.41. The molecule has 0 aromatic heterocycles. The number of hydrazone groups is 1. The van der Waals surface area contributed by atoms with Crippen LogP contribution in [0.15, 0.2) is 47.6 Å². The predicted molar refractivity (Wildman–Crippen MR) is 120 cm³/mol. The normalized spacial score (nSPS) is 10.7. The van der Waals surface area contributed by atoms with Crippen molar-refractivity contribution in [3.05, 3.63) is 53.1 Å². The van der Waals surface area contributed by atoms with E-state index in [4.69, 9.17) is 28.6 Å². The fourth-order valence-electron chi connectivity index (χ4n) is 2.58. The Labute approximate surface area is 171 Å². The van der Waals surface area contributed by atoms with E-state index in [-0.39, 0.29) is 0 Å². The molecule has 2 N–H and O–H groups in total. The minimum absolute atomic E-state index is 0.379. The number of methoxy groups -OCH3 is 1. The van der Waals surface area contributed by atoms with Gasteiger partial charge in [0.2, 0.25) is 0 Å². The highest BCUT2D eigenvalue weighted by Crippen LogP contribution is 2.27. The third-order valence-electron chi connectivity index (χ3n) is 3.92. The first-order valence-electron chi connectivity index (χ1n) is 8.86. The van der Waals surface area contributed by atoms with Crippen LogP contribution in [-0.4, -0.2) is 31.5 Å². The lowest BCUT2D eigenvalue weighted by Gasteiger charge is -2.22. The Balaban J connectivity index is 1.89. The van der Waals surface area contributed by atoms with Crippen LogP contribution in [0.3, 0.4) is 0 Å². The lowest BCUT2D eigenvalue weighted by molar-refractivity contribution is 0.415. The lowest BCUT2D eigenvalue weighted by atomic mass is 10.2. The van der Waals surface area contributed by atoms with Crippen LogP contribution >= 0.6 is 23.8 Å². The Kier molecular flexibility index (Phi) is 8.36. The third-order valence-corrected chi connectivity index (χ3v) is 4.41. The van der Waals surface area contributed by atoms with Crippen molar-refractivity contribution < 1.29 is 4.74 Å². The van der Waals surface area contributed by atoms with E-state index in [2.05, 4.69) is 46.7 Å². The van der Waals surface area contributed by atoms with Gasteiger partial charge in [0.15, 0.2) is 5.11 Å². The van der Waals surface area contributed by atoms with Crippen LogP contribution in [0.2, 0.25) is 5.02 Å². The Morgan fingerprint density at radius 1 is 1.22 bits per heavy atom. The summed E-state index contributed by atoms with van der Waals surface area (Å²) in [6.45, 7) is 6.41. The summed E-state index contributed by atoms with van der Waals surface area (Å²) >= 11 is 11.3. The average molecular weight is 405 g/mol. The minimum Gasteiger partial charge on any atom is -0.495 e. The van der Waals surface area contributed by atoms with Gasteiger partial charge >= 0.3 is 0 Å². The van der Waals surface area contributed by atoms with Crippen molar-refractivity contribution >= 4 is 46.5 Å². The molecule has 7 heteroatoms. The molecule has 2 aromatic carbocycles. The molecule has 0 saturated heterocycles. The summed E-state index contributed by atoms with van der Waals surface area (Å²) < 4.78 is 5.13. The van der Waals surface area contributed by atoms with Crippen molar-refractivity contribution in [1.82, 2.24) is 5.43 Å². The molecule has 0 aliphatic rings. The van der Waals surface area contributed by atoms with Gasteiger partial charge in [0.05, 0.1) is 18.3 Å². The second kappa shape index (κ2) is 10.7. The molecule has 0 radical (unpaired) electrons. The Bertz CT molecular complexity index is 780. The van der Waals surface area contributed by atoms with Gasteiger partial charge in [0.25, 0.3) is 0 Å². The van der Waals surface area contributed by atoms with Crippen molar-refractivity contribution in [3.63, 3.8) is 0 Å². The zero-order valence-corrected chi connectivity index (χ0v) is 17.4. The maximum absolute atomic E-state index is 6.10. The molecule has 0 heterocycles. The number of benzene rings is 2. The largest absolute Gasteiger partial charge is 0.495 e. The SMILES string of the molecule is CCCN(CC)c1ccc(C=NNC(=S)Nc2ccc(OC)c(Cl)c2)cc1. The summed E-state index contributed by atoms with van der Waals surface area (Å²) in [5, 5.41) is 8.09. The number of nitrogens with one attached hydrogen (secondary N) is 2. The quantitative estimate of drug-likeness (QED) is 0.372. The molecular weight excluding hydrogens is 380 g/mol. The monoisotopic (exact) mass is 404 g/mol. The summed E-state index contributed by atoms with van der Waals surface area (Å²) in [7, 11) is 1.57. The van der Waals surface area contributed by atoms with Gasteiger partial charge in [0.1, 0.15) is 5.75 Å². The second-order valence-electron chi connectivity index (χ2n) is 5.84. The summed E-state index contributed by atoms with van der Waals surface area (Å²) in [6.07, 6.45) is 2.86. The van der Waals surface area contributed by atoms with E-state index < -0.39 is 0 Å². The molecule has 0 spiro atoms. The van der Waals surface area contributed by atoms with Gasteiger partial charge in [-0.2, -0.15) is 5.10 Å². The van der Waals surface area contributed by atoms with E-state index in [1.807, 2.05) is 18.2 Å². The predicted octanol–water partition coefficient (Wildman–Crippen LogP) is 4.91. The van der Waals surface area contributed by atoms with Gasteiger partial charge in [0, 0.05) is 24.5 Å². The molecule has 27 heavy (non-hydrogen) atoms. The molecule has 0 aliphatic carbocycles. The summed E-state index contributed by atoms with van der Waals surface area (Å²) in [6, 6.07) is 13.6. The standard InChI is InChI=1S/C20H25ClN4OS/c1-4-12-25(5-2)17-9-6-15(7-10-17)14-22-24-20(27)23-16-8-11-19(26-3)18(21)13-16/h6-11,13-14H,4-5,12H2,1-3H3,(H2,23,24,27). The lowest BCUT2D eigenvalue weighted by Crippen LogP contribution is -2.24. The average Bonchev–Trinajstić information content (AvgIpc) is 2.67. The van der Waals surface area contributed by atoms with E-state index in [0.29, 0.717) is 15.9 Å². The van der Waals surface area contributed by atoms with Crippen LogP contribution < -0.4 is 20.4 Å². The molecular formula is C20H25ClN4OS. The Morgan fingerprint density at radius 3 is 2.56 bits per heavy atom. The summed E-state index contributed by atoms with van der Waals surface area (Å²) in [5.74, 6) is 0.614. The van der Waals surface area contributed by atoms with E-state index in [0.717, 1.165) is 30.8 Å². The van der Waals surface area contributed by atoms with Crippen molar-refractivity contribution in [3.8, 4) is 5.75 Å². The minimum atomic E-state index is 0.379. The number of halogens is 1. The Morgan fingerprint density at radius 2 is 1.96 bits per heavy atom. The summed E-state index contributed by atoms with van der Waals surface area (Å²) in [5.41, 5.74) is 5.77. The number of nitrogens with zero attached hydrogens (tertiary/aromatic N) is 2. The van der Waals surface area contributed by atoms with Crippen LogP contribution in [0.5, 0.6) is 5.75 Å². The van der Waals surface area contributed by atoms with Crippen LogP contribution in [0.25, 0.3) is 0 Å². The molecule has 0 amide bonds. The fraction of sp³-hybridized carbons (Fsp3) is 0.300. The van der Waals surface area contributed by atoms with Gasteiger partial charge in [-0.1, -0.05) is 30.7 Å². The highest BCUT2D eigenvalue weighted by atomic mass is 35.5. The highest BCUT2D eigenvalue weighted by molar-refractivity contribution is 7.80. The molecule has 2 aromatic rings. The molecule has 144 valence electrons. The molecule has 0 bridgehead atoms. The first kappa shape index (κ1) is 21.0. The van der Waals surface area contributed by atoms with E-state index >= 15 is 0 Å². The van der Waals surface area contributed by atoms with Crippen LogP contribution in [-0.2, 0) is 0 Å². The fourth-order valence-corrected chi connectivity index (χ4v) is 3.01. The number of anilines is 2. The van der Waals surface area contributed by atoms with E-state index in [1.165, 1.54) is 5.69 Å². The molecule has 0 saturated carbocycles. The zero-order valence-electron chi connectivity index (χ0n) is 15.8.